The standard InChI is InChI=1S/C16H15ClN4O2S2/c1-24-16-14(25(22,23)12-4-2-3-11(17)7-12)15-19-8-10-5-6-18-9-13(10)21(15)20-16/h2-4,7-8,18H,5-6,9H2,1H3. The largest absolute Gasteiger partial charge is 0.311 e. The van der Waals surface area contributed by atoms with Crippen molar-refractivity contribution in [2.24, 2.45) is 0 Å². The van der Waals surface area contributed by atoms with E-state index < -0.39 is 9.84 Å². The van der Waals surface area contributed by atoms with Gasteiger partial charge in [0.1, 0.15) is 5.03 Å². The molecular weight excluding hydrogens is 380 g/mol. The predicted molar refractivity (Wildman–Crippen MR) is 97.1 cm³/mol. The predicted octanol–water partition coefficient (Wildman–Crippen LogP) is 2.58. The number of nitrogens with one attached hydrogen (secondary N) is 1. The third kappa shape index (κ3) is 2.73. The number of aromatic nitrogens is 3. The van der Waals surface area contributed by atoms with Gasteiger partial charge >= 0.3 is 0 Å². The number of thioether (sulfide) groups is 1. The second-order valence-corrected chi connectivity index (χ2v) is 8.81. The van der Waals surface area contributed by atoms with E-state index in [-0.39, 0.29) is 9.79 Å². The molecule has 1 aliphatic heterocycles. The van der Waals surface area contributed by atoms with Crippen LogP contribution in [0.15, 0.2) is 45.3 Å². The molecule has 3 heterocycles. The van der Waals surface area contributed by atoms with Crippen LogP contribution in [0, 0.1) is 0 Å². The van der Waals surface area contributed by atoms with Crippen LogP contribution in [0.3, 0.4) is 0 Å². The van der Waals surface area contributed by atoms with E-state index in [1.807, 2.05) is 6.26 Å². The normalized spacial score (nSPS) is 14.6. The van der Waals surface area contributed by atoms with Gasteiger partial charge < -0.3 is 5.32 Å². The fraction of sp³-hybridized carbons (Fsp3) is 0.250. The minimum Gasteiger partial charge on any atom is -0.311 e. The first-order chi connectivity index (χ1) is 12.0. The average molecular weight is 395 g/mol. The first-order valence-electron chi connectivity index (χ1n) is 7.67. The maximum absolute atomic E-state index is 13.2. The van der Waals surface area contributed by atoms with E-state index in [2.05, 4.69) is 15.4 Å². The number of rotatable bonds is 3. The number of halogens is 1. The Hall–Kier alpha value is -1.61. The summed E-state index contributed by atoms with van der Waals surface area (Å²) in [6.07, 6.45) is 4.42. The molecule has 130 valence electrons. The van der Waals surface area contributed by atoms with Gasteiger partial charge in [0.25, 0.3) is 0 Å². The molecule has 0 bridgehead atoms. The van der Waals surface area contributed by atoms with Crippen molar-refractivity contribution in [3.63, 3.8) is 0 Å². The van der Waals surface area contributed by atoms with Gasteiger partial charge in [0.2, 0.25) is 9.84 Å². The quantitative estimate of drug-likeness (QED) is 0.688. The third-order valence-electron chi connectivity index (χ3n) is 4.19. The highest BCUT2D eigenvalue weighted by molar-refractivity contribution is 7.99. The Morgan fingerprint density at radius 2 is 2.20 bits per heavy atom. The van der Waals surface area contributed by atoms with E-state index in [9.17, 15) is 8.42 Å². The Balaban J connectivity index is 2.01. The van der Waals surface area contributed by atoms with Gasteiger partial charge in [-0.15, -0.1) is 11.8 Å². The van der Waals surface area contributed by atoms with Crippen molar-refractivity contribution in [1.82, 2.24) is 19.9 Å². The second kappa shape index (κ2) is 6.28. The van der Waals surface area contributed by atoms with Crippen molar-refractivity contribution in [3.8, 4) is 0 Å². The zero-order valence-electron chi connectivity index (χ0n) is 13.4. The highest BCUT2D eigenvalue weighted by atomic mass is 35.5. The molecule has 0 radical (unpaired) electrons. The fourth-order valence-corrected chi connectivity index (χ4v) is 5.67. The number of nitrogens with zero attached hydrogens (tertiary/aromatic N) is 3. The van der Waals surface area contributed by atoms with E-state index >= 15 is 0 Å². The molecular formula is C16H15ClN4O2S2. The van der Waals surface area contributed by atoms with Gasteiger partial charge in [0.05, 0.1) is 10.6 Å². The Morgan fingerprint density at radius 1 is 1.36 bits per heavy atom. The smallest absolute Gasteiger partial charge is 0.213 e. The maximum atomic E-state index is 13.2. The SMILES string of the molecule is CSc1nn2c3c(cnc2c1S(=O)(=O)c1cccc(Cl)c1)CCNC3. The number of fused-ring (bicyclic) bond motifs is 3. The van der Waals surface area contributed by atoms with E-state index in [1.165, 1.54) is 23.9 Å². The zero-order chi connectivity index (χ0) is 17.6. The Bertz CT molecular complexity index is 1080. The number of sulfone groups is 1. The van der Waals surface area contributed by atoms with Crippen molar-refractivity contribution in [2.45, 2.75) is 27.8 Å². The van der Waals surface area contributed by atoms with Crippen LogP contribution in [0.1, 0.15) is 11.3 Å². The molecule has 9 heteroatoms. The Labute approximate surface area is 154 Å². The Morgan fingerprint density at radius 3 is 2.96 bits per heavy atom. The Kier molecular flexibility index (Phi) is 4.23. The molecule has 0 amide bonds. The molecule has 0 saturated heterocycles. The lowest BCUT2D eigenvalue weighted by molar-refractivity contribution is 0.594. The van der Waals surface area contributed by atoms with Crippen LogP contribution >= 0.6 is 23.4 Å². The van der Waals surface area contributed by atoms with Crippen molar-refractivity contribution < 1.29 is 8.42 Å². The molecule has 0 unspecified atom stereocenters. The van der Waals surface area contributed by atoms with Crippen molar-refractivity contribution in [1.29, 1.82) is 0 Å². The third-order valence-corrected chi connectivity index (χ3v) is 7.01. The van der Waals surface area contributed by atoms with Gasteiger partial charge in [0, 0.05) is 17.8 Å². The molecule has 4 rings (SSSR count). The topological polar surface area (TPSA) is 76.4 Å². The van der Waals surface area contributed by atoms with Crippen LogP contribution in [0.5, 0.6) is 0 Å². The lowest BCUT2D eigenvalue weighted by Gasteiger charge is -2.17. The lowest BCUT2D eigenvalue weighted by atomic mass is 10.1. The van der Waals surface area contributed by atoms with Crippen LogP contribution in [0.25, 0.3) is 5.65 Å². The summed E-state index contributed by atoms with van der Waals surface area (Å²) in [6, 6.07) is 6.25. The zero-order valence-corrected chi connectivity index (χ0v) is 15.7. The summed E-state index contributed by atoms with van der Waals surface area (Å²) >= 11 is 7.28. The van der Waals surface area contributed by atoms with Crippen molar-refractivity contribution in [3.05, 3.63) is 46.7 Å². The molecule has 1 aromatic carbocycles. The second-order valence-electron chi connectivity index (χ2n) is 5.69. The average Bonchev–Trinajstić information content (AvgIpc) is 3.01. The molecule has 0 aliphatic carbocycles. The molecule has 2 aromatic heterocycles. The summed E-state index contributed by atoms with van der Waals surface area (Å²) in [5.74, 6) is 0. The number of benzene rings is 1. The van der Waals surface area contributed by atoms with E-state index in [1.54, 1.807) is 22.8 Å². The highest BCUT2D eigenvalue weighted by Gasteiger charge is 2.30. The number of hydrogen-bond acceptors (Lipinski definition) is 6. The summed E-state index contributed by atoms with van der Waals surface area (Å²) in [7, 11) is -3.79. The minimum atomic E-state index is -3.79. The molecule has 0 spiro atoms. The van der Waals surface area contributed by atoms with Gasteiger partial charge in [-0.2, -0.15) is 5.10 Å². The van der Waals surface area contributed by atoms with E-state index in [0.717, 1.165) is 24.2 Å². The summed E-state index contributed by atoms with van der Waals surface area (Å²) in [6.45, 7) is 1.52. The summed E-state index contributed by atoms with van der Waals surface area (Å²) < 4.78 is 28.1. The fourth-order valence-electron chi connectivity index (χ4n) is 2.97. The summed E-state index contributed by atoms with van der Waals surface area (Å²) in [4.78, 5) is 4.70. The van der Waals surface area contributed by atoms with E-state index in [4.69, 9.17) is 11.6 Å². The van der Waals surface area contributed by atoms with Gasteiger partial charge in [-0.3, -0.25) is 0 Å². The molecule has 1 aliphatic rings. The summed E-state index contributed by atoms with van der Waals surface area (Å²) in [5.41, 5.74) is 2.40. The van der Waals surface area contributed by atoms with Gasteiger partial charge in [-0.25, -0.2) is 17.9 Å². The van der Waals surface area contributed by atoms with Crippen molar-refractivity contribution >= 4 is 38.8 Å². The minimum absolute atomic E-state index is 0.135. The van der Waals surface area contributed by atoms with E-state index in [0.29, 0.717) is 22.2 Å². The van der Waals surface area contributed by atoms with Gasteiger partial charge in [-0.05, 0) is 43.0 Å². The molecule has 1 N–H and O–H groups in total. The molecule has 0 atom stereocenters. The van der Waals surface area contributed by atoms with Crippen LogP contribution in [0.2, 0.25) is 5.02 Å². The monoisotopic (exact) mass is 394 g/mol. The summed E-state index contributed by atoms with van der Waals surface area (Å²) in [5, 5.41) is 8.63. The van der Waals surface area contributed by atoms with Crippen LogP contribution in [0.4, 0.5) is 0 Å². The highest BCUT2D eigenvalue weighted by Crippen LogP contribution is 2.33. The molecule has 0 saturated carbocycles. The molecule has 3 aromatic rings. The first-order valence-corrected chi connectivity index (χ1v) is 10.8. The molecule has 0 fully saturated rings. The molecule has 6 nitrogen and oxygen atoms in total. The van der Waals surface area contributed by atoms with Gasteiger partial charge in [-0.1, -0.05) is 17.7 Å². The van der Waals surface area contributed by atoms with Crippen LogP contribution in [-0.2, 0) is 22.8 Å². The lowest BCUT2D eigenvalue weighted by Crippen LogP contribution is -2.26. The van der Waals surface area contributed by atoms with Crippen molar-refractivity contribution in [2.75, 3.05) is 12.8 Å². The maximum Gasteiger partial charge on any atom is 0.213 e. The van der Waals surface area contributed by atoms with Crippen LogP contribution in [-0.4, -0.2) is 35.8 Å². The number of hydrogen-bond donors (Lipinski definition) is 1. The molecule has 25 heavy (non-hydrogen) atoms. The first kappa shape index (κ1) is 16.8. The van der Waals surface area contributed by atoms with Gasteiger partial charge in [0.15, 0.2) is 10.5 Å². The van der Waals surface area contributed by atoms with Crippen LogP contribution < -0.4 is 5.32 Å².